The molecule has 0 bridgehead atoms. The van der Waals surface area contributed by atoms with E-state index in [0.717, 1.165) is 58.1 Å². The molecule has 1 saturated heterocycles. The summed E-state index contributed by atoms with van der Waals surface area (Å²) in [7, 11) is 0. The van der Waals surface area contributed by atoms with Gasteiger partial charge in [-0.25, -0.2) is 55.6 Å². The molecular formula is C49H63F6N15OS. The summed E-state index contributed by atoms with van der Waals surface area (Å²) in [6.07, 6.45) is 4.06. The predicted octanol–water partition coefficient (Wildman–Crippen LogP) is 10.6. The summed E-state index contributed by atoms with van der Waals surface area (Å²) in [6.45, 7) is 14.3. The fourth-order valence-corrected chi connectivity index (χ4v) is 9.74. The van der Waals surface area contributed by atoms with Crippen molar-refractivity contribution in [3.05, 3.63) is 76.1 Å². The van der Waals surface area contributed by atoms with Crippen molar-refractivity contribution < 1.29 is 31.1 Å². The monoisotopic (exact) mass is 1020 g/mol. The van der Waals surface area contributed by atoms with Gasteiger partial charge in [-0.3, -0.25) is 0 Å². The topological polar surface area (TPSA) is 174 Å². The predicted molar refractivity (Wildman–Crippen MR) is 265 cm³/mol. The van der Waals surface area contributed by atoms with E-state index in [1.54, 1.807) is 9.36 Å². The Morgan fingerprint density at radius 3 is 1.54 bits per heavy atom. The number of rotatable bonds is 10. The fourth-order valence-electron chi connectivity index (χ4n) is 9.01. The van der Waals surface area contributed by atoms with Gasteiger partial charge in [0.1, 0.15) is 23.3 Å². The Morgan fingerprint density at radius 2 is 1.06 bits per heavy atom. The Kier molecular flexibility index (Phi) is 16.3. The molecule has 0 spiro atoms. The largest absolute Gasteiger partial charge is 0.378 e. The zero-order valence-electron chi connectivity index (χ0n) is 41.5. The molecule has 0 unspecified atom stereocenters. The lowest BCUT2D eigenvalue weighted by Gasteiger charge is -2.30. The second kappa shape index (κ2) is 22.4. The molecule has 16 nitrogen and oxygen atoms in total. The maximum absolute atomic E-state index is 13.4. The lowest BCUT2D eigenvalue weighted by Crippen LogP contribution is -2.37. The van der Waals surface area contributed by atoms with E-state index in [1.807, 2.05) is 83.5 Å². The van der Waals surface area contributed by atoms with E-state index in [4.69, 9.17) is 4.74 Å². The van der Waals surface area contributed by atoms with Crippen LogP contribution in [0.2, 0.25) is 0 Å². The van der Waals surface area contributed by atoms with Crippen LogP contribution in [-0.4, -0.2) is 117 Å². The normalized spacial score (nSPS) is 19.1. The van der Waals surface area contributed by atoms with Crippen molar-refractivity contribution in [2.24, 2.45) is 0 Å². The van der Waals surface area contributed by atoms with Crippen LogP contribution in [0.1, 0.15) is 111 Å². The number of ether oxygens (including phenoxy) is 1. The maximum Gasteiger partial charge on any atom is 0.254 e. The molecule has 3 N–H and O–H groups in total. The first kappa shape index (κ1) is 52.4. The second-order valence-corrected chi connectivity index (χ2v) is 20.1. The average molecular weight is 1020 g/mol. The number of hydrogen-bond acceptors (Lipinski definition) is 15. The molecule has 1 aliphatic heterocycles. The molecule has 23 heteroatoms. The van der Waals surface area contributed by atoms with Gasteiger partial charge < -0.3 is 25.6 Å². The highest BCUT2D eigenvalue weighted by Gasteiger charge is 2.37. The van der Waals surface area contributed by atoms with Crippen LogP contribution in [0.3, 0.4) is 0 Å². The molecule has 0 atom stereocenters. The molecule has 0 radical (unpaired) electrons. The van der Waals surface area contributed by atoms with E-state index in [1.165, 1.54) is 11.3 Å². The number of alkyl halides is 6. The molecule has 10 rings (SSSR count). The zero-order valence-corrected chi connectivity index (χ0v) is 42.4. The number of morpholine rings is 1. The van der Waals surface area contributed by atoms with Gasteiger partial charge in [0.05, 0.1) is 24.6 Å². The highest BCUT2D eigenvalue weighted by Crippen LogP contribution is 2.37. The molecule has 7 heterocycles. The molecule has 3 aliphatic carbocycles. The minimum Gasteiger partial charge on any atom is -0.378 e. The summed E-state index contributed by atoms with van der Waals surface area (Å²) in [5, 5.41) is 21.4. The molecule has 0 amide bonds. The quantitative estimate of drug-likeness (QED) is 0.111. The third-order valence-corrected chi connectivity index (χ3v) is 13.8. The van der Waals surface area contributed by atoms with E-state index >= 15 is 0 Å². The first-order valence-electron chi connectivity index (χ1n) is 24.6. The van der Waals surface area contributed by atoms with Crippen molar-refractivity contribution in [3.8, 4) is 22.7 Å². The Morgan fingerprint density at radius 1 is 0.542 bits per heavy atom. The SMILES string of the molecule is Cc1cc(NC2CCC(F)(F)CC2)nc(-c2nc(C)cs2)n1.Cc1cc(NC2CCC(F)(F)CC2)nc(-n2nc(C)cc2C)n1.Cc1ccn(-c2nc(NC3CCC(F)(F)CC3)cc(N3CCOCC3)n2)n1. The van der Waals surface area contributed by atoms with E-state index in [-0.39, 0.29) is 56.7 Å². The highest BCUT2D eigenvalue weighted by molar-refractivity contribution is 7.13. The van der Waals surface area contributed by atoms with Crippen LogP contribution in [0.4, 0.5) is 49.6 Å². The smallest absolute Gasteiger partial charge is 0.254 e. The highest BCUT2D eigenvalue weighted by atomic mass is 32.1. The number of aryl methyl sites for hydroxylation is 6. The molecule has 388 valence electrons. The Bertz CT molecular complexity index is 2730. The van der Waals surface area contributed by atoms with Gasteiger partial charge in [-0.2, -0.15) is 25.1 Å². The van der Waals surface area contributed by atoms with Gasteiger partial charge in [-0.15, -0.1) is 11.3 Å². The van der Waals surface area contributed by atoms with Crippen LogP contribution in [0, 0.1) is 41.5 Å². The summed E-state index contributed by atoms with van der Waals surface area (Å²) in [4.78, 5) is 33.6. The van der Waals surface area contributed by atoms with Crippen LogP contribution in [-0.2, 0) is 4.74 Å². The van der Waals surface area contributed by atoms with Crippen LogP contribution < -0.4 is 20.9 Å². The van der Waals surface area contributed by atoms with E-state index in [0.29, 0.717) is 86.9 Å². The number of nitrogens with one attached hydrogen (secondary N) is 3. The molecule has 3 saturated carbocycles. The number of hydrogen-bond donors (Lipinski definition) is 3. The average Bonchev–Trinajstić information content (AvgIpc) is 4.07. The van der Waals surface area contributed by atoms with E-state index < -0.39 is 17.8 Å². The van der Waals surface area contributed by atoms with Crippen molar-refractivity contribution >= 4 is 34.6 Å². The first-order valence-corrected chi connectivity index (χ1v) is 25.5. The summed E-state index contributed by atoms with van der Waals surface area (Å²) >= 11 is 1.50. The molecule has 4 fully saturated rings. The van der Waals surface area contributed by atoms with Crippen LogP contribution >= 0.6 is 11.3 Å². The molecule has 0 aromatic carbocycles. The van der Waals surface area contributed by atoms with Crippen molar-refractivity contribution in [2.75, 3.05) is 47.2 Å². The molecule has 72 heavy (non-hydrogen) atoms. The third kappa shape index (κ3) is 14.6. The molecule has 6 aromatic heterocycles. The summed E-state index contributed by atoms with van der Waals surface area (Å²) in [6, 6.07) is 9.47. The Balaban J connectivity index is 0.000000145. The maximum atomic E-state index is 13.4. The number of halogens is 6. The van der Waals surface area contributed by atoms with Crippen molar-refractivity contribution in [2.45, 2.75) is 154 Å². The number of anilines is 4. The molecule has 4 aliphatic rings. The number of nitrogens with zero attached hydrogens (tertiary/aromatic N) is 12. The molecular weight excluding hydrogens is 961 g/mol. The zero-order chi connectivity index (χ0) is 51.2. The fraction of sp³-hybridized carbons (Fsp3) is 0.571. The number of thiazole rings is 1. The van der Waals surface area contributed by atoms with E-state index in [2.05, 4.69) is 65.9 Å². The van der Waals surface area contributed by atoms with Gasteiger partial charge in [0.15, 0.2) is 10.8 Å². The van der Waals surface area contributed by atoms with Crippen molar-refractivity contribution in [3.63, 3.8) is 0 Å². The minimum absolute atomic E-state index is 0.00993. The standard InChI is InChI=1S/C18H24F2N6O.C16H21F2N5.C15H18F2N4S/c1-13-4-7-26(24-13)17-22-15(21-14-2-5-18(19,20)6-3-14)12-16(23-17)25-8-10-27-11-9-25;1-10-9-14(20-13-4-6-16(17,18)7-5-13)21-15(19-10)23-12(3)8-11(2)22-23;1-9-7-12(20-11-3-5-15(16,17)6-4-11)21-13(18-9)14-19-10(2)8-22-14/h4,7,12,14H,2-3,5-6,8-11H2,1H3,(H,21,22,23);8-9,13H,4-7H2,1-3H3,(H,19,20,21);7-8,11H,3-6H2,1-2H3,(H,18,20,21). The van der Waals surface area contributed by atoms with Crippen molar-refractivity contribution in [1.29, 1.82) is 0 Å². The van der Waals surface area contributed by atoms with E-state index in [9.17, 15) is 26.3 Å². The summed E-state index contributed by atoms with van der Waals surface area (Å²) < 4.78 is 88.5. The Hall–Kier alpha value is -5.97. The third-order valence-electron chi connectivity index (χ3n) is 12.9. The second-order valence-electron chi connectivity index (χ2n) is 19.3. The van der Waals surface area contributed by atoms with Crippen molar-refractivity contribution in [1.82, 2.24) is 54.4 Å². The van der Waals surface area contributed by atoms with Gasteiger partial charge in [0.25, 0.3) is 11.9 Å². The van der Waals surface area contributed by atoms with Gasteiger partial charge in [0, 0.05) is 122 Å². The van der Waals surface area contributed by atoms with Gasteiger partial charge in [-0.05, 0) is 92.2 Å². The van der Waals surface area contributed by atoms with Crippen LogP contribution in [0.5, 0.6) is 0 Å². The van der Waals surface area contributed by atoms with Gasteiger partial charge in [0.2, 0.25) is 17.8 Å². The summed E-state index contributed by atoms with van der Waals surface area (Å²) in [5.41, 5.74) is 5.31. The lowest BCUT2D eigenvalue weighted by atomic mass is 9.92. The van der Waals surface area contributed by atoms with Crippen LogP contribution in [0.15, 0.2) is 41.9 Å². The minimum atomic E-state index is -2.54. The Labute approximate surface area is 419 Å². The lowest BCUT2D eigenvalue weighted by molar-refractivity contribution is -0.0366. The van der Waals surface area contributed by atoms with Gasteiger partial charge in [-0.1, -0.05) is 0 Å². The first-order chi connectivity index (χ1) is 34.2. The molecule has 6 aromatic rings. The van der Waals surface area contributed by atoms with Gasteiger partial charge >= 0.3 is 0 Å². The van der Waals surface area contributed by atoms with Crippen LogP contribution in [0.25, 0.3) is 22.7 Å². The summed E-state index contributed by atoms with van der Waals surface area (Å²) in [5.74, 6) is -3.24. The number of aromatic nitrogens is 11.